The Morgan fingerprint density at radius 2 is 1.87 bits per heavy atom. The molecule has 7 nitrogen and oxygen atoms in total. The van der Waals surface area contributed by atoms with Crippen molar-refractivity contribution in [2.75, 3.05) is 11.9 Å². The molecule has 0 radical (unpaired) electrons. The third-order valence-corrected chi connectivity index (χ3v) is 5.75. The molecule has 1 amide bonds. The molecule has 1 atom stereocenters. The minimum atomic E-state index is -0.727. The maximum atomic E-state index is 13.0. The second-order valence-electron chi connectivity index (χ2n) is 7.69. The summed E-state index contributed by atoms with van der Waals surface area (Å²) in [5, 5.41) is 17.5. The van der Waals surface area contributed by atoms with Gasteiger partial charge in [0.15, 0.2) is 0 Å². The number of nitro benzene ring substituents is 1. The van der Waals surface area contributed by atoms with Gasteiger partial charge in [-0.3, -0.25) is 19.9 Å². The van der Waals surface area contributed by atoms with Gasteiger partial charge in [0.05, 0.1) is 16.3 Å². The fraction of sp³-hybridized carbons (Fsp3) is 0.167. The van der Waals surface area contributed by atoms with Crippen molar-refractivity contribution in [2.24, 2.45) is 4.99 Å². The molecule has 2 aliphatic rings. The second-order valence-corrected chi connectivity index (χ2v) is 7.69. The summed E-state index contributed by atoms with van der Waals surface area (Å²) in [5.41, 5.74) is 5.77. The first-order valence-corrected chi connectivity index (χ1v) is 10.2. The molecule has 0 bridgehead atoms. The van der Waals surface area contributed by atoms with Crippen molar-refractivity contribution in [1.29, 1.82) is 0 Å². The molecule has 0 spiro atoms. The molecule has 0 saturated carbocycles. The first-order chi connectivity index (χ1) is 15.1. The highest BCUT2D eigenvalue weighted by atomic mass is 16.6. The van der Waals surface area contributed by atoms with Crippen LogP contribution in [0.1, 0.15) is 28.2 Å². The van der Waals surface area contributed by atoms with Crippen LogP contribution in [0.2, 0.25) is 0 Å². The van der Waals surface area contributed by atoms with Crippen molar-refractivity contribution in [3.63, 3.8) is 0 Å². The number of amides is 1. The standard InChI is InChI=1S/C24H20N4O3/c29-24-22(20-13-19(28(30)31)8-9-21(20)27-24)23(15-4-2-1-3-5-15)26-18-7-6-17-14-25-11-10-16(17)12-18/h1-9,12-13,22,25H,10-11,14H2,(H,27,29). The van der Waals surface area contributed by atoms with E-state index < -0.39 is 10.8 Å². The van der Waals surface area contributed by atoms with Crippen LogP contribution in [0.5, 0.6) is 0 Å². The summed E-state index contributed by atoms with van der Waals surface area (Å²) in [6, 6.07) is 20.0. The predicted molar refractivity (Wildman–Crippen MR) is 119 cm³/mol. The van der Waals surface area contributed by atoms with Gasteiger partial charge in [-0.15, -0.1) is 0 Å². The Kier molecular flexibility index (Phi) is 4.80. The van der Waals surface area contributed by atoms with Gasteiger partial charge in [0, 0.05) is 29.9 Å². The quantitative estimate of drug-likeness (QED) is 0.383. The van der Waals surface area contributed by atoms with Gasteiger partial charge in [0.1, 0.15) is 5.92 Å². The maximum Gasteiger partial charge on any atom is 0.269 e. The van der Waals surface area contributed by atoms with Crippen LogP contribution >= 0.6 is 0 Å². The largest absolute Gasteiger partial charge is 0.325 e. The van der Waals surface area contributed by atoms with Gasteiger partial charge in [0.2, 0.25) is 5.91 Å². The van der Waals surface area contributed by atoms with E-state index in [0.717, 1.165) is 30.8 Å². The van der Waals surface area contributed by atoms with Crippen LogP contribution in [0.25, 0.3) is 0 Å². The fourth-order valence-electron chi connectivity index (χ4n) is 4.21. The number of nitrogens with one attached hydrogen (secondary N) is 2. The van der Waals surface area contributed by atoms with E-state index >= 15 is 0 Å². The normalized spacial score (nSPS) is 17.6. The number of rotatable bonds is 4. The third-order valence-electron chi connectivity index (χ3n) is 5.75. The summed E-state index contributed by atoms with van der Waals surface area (Å²) in [5.74, 6) is -0.963. The average molecular weight is 412 g/mol. The topological polar surface area (TPSA) is 96.6 Å². The van der Waals surface area contributed by atoms with E-state index in [4.69, 9.17) is 4.99 Å². The minimum Gasteiger partial charge on any atom is -0.325 e. The summed E-state index contributed by atoms with van der Waals surface area (Å²) in [4.78, 5) is 28.8. The Morgan fingerprint density at radius 1 is 1.03 bits per heavy atom. The van der Waals surface area contributed by atoms with Gasteiger partial charge < -0.3 is 10.6 Å². The molecule has 2 N–H and O–H groups in total. The number of nitro groups is 1. The number of hydrogen-bond donors (Lipinski definition) is 2. The Balaban J connectivity index is 1.65. The summed E-state index contributed by atoms with van der Waals surface area (Å²) in [6.45, 7) is 1.76. The molecule has 0 fully saturated rings. The van der Waals surface area contributed by atoms with Crippen molar-refractivity contribution in [1.82, 2.24) is 5.32 Å². The number of aliphatic imine (C=N–C) groups is 1. The molecule has 7 heteroatoms. The van der Waals surface area contributed by atoms with E-state index in [2.05, 4.69) is 22.8 Å². The lowest BCUT2D eigenvalue weighted by Gasteiger charge is -2.18. The maximum absolute atomic E-state index is 13.0. The molecule has 154 valence electrons. The van der Waals surface area contributed by atoms with Gasteiger partial charge in [0.25, 0.3) is 5.69 Å². The monoisotopic (exact) mass is 412 g/mol. The molecule has 3 aromatic rings. The number of hydrogen-bond acceptors (Lipinski definition) is 5. The SMILES string of the molecule is O=C1Nc2ccc([N+](=O)[O-])cc2C1C(=Nc1ccc2c(c1)CCNC2)c1ccccc1. The molecular weight excluding hydrogens is 392 g/mol. The van der Waals surface area contributed by atoms with Crippen molar-refractivity contribution in [3.05, 3.63) is 99.1 Å². The molecular formula is C24H20N4O3. The van der Waals surface area contributed by atoms with Gasteiger partial charge in [-0.25, -0.2) is 0 Å². The molecule has 2 aliphatic heterocycles. The van der Waals surface area contributed by atoms with Crippen molar-refractivity contribution < 1.29 is 9.72 Å². The number of benzene rings is 3. The van der Waals surface area contributed by atoms with E-state index in [1.165, 1.54) is 23.3 Å². The smallest absolute Gasteiger partial charge is 0.269 e. The number of carbonyl (C=O) groups is 1. The van der Waals surface area contributed by atoms with E-state index in [0.29, 0.717) is 17.0 Å². The first kappa shape index (κ1) is 19.1. The predicted octanol–water partition coefficient (Wildman–Crippen LogP) is 4.10. The Morgan fingerprint density at radius 3 is 2.68 bits per heavy atom. The summed E-state index contributed by atoms with van der Waals surface area (Å²) < 4.78 is 0. The molecule has 0 aromatic heterocycles. The Bertz CT molecular complexity index is 1220. The molecule has 1 unspecified atom stereocenters. The number of nitrogens with zero attached hydrogens (tertiary/aromatic N) is 2. The van der Waals surface area contributed by atoms with Crippen molar-refractivity contribution >= 4 is 28.7 Å². The van der Waals surface area contributed by atoms with Crippen LogP contribution in [0.4, 0.5) is 17.1 Å². The van der Waals surface area contributed by atoms with Crippen LogP contribution in [0.3, 0.4) is 0 Å². The zero-order valence-corrected chi connectivity index (χ0v) is 16.7. The van der Waals surface area contributed by atoms with Crippen LogP contribution in [0, 0.1) is 10.1 Å². The van der Waals surface area contributed by atoms with E-state index in [-0.39, 0.29) is 11.6 Å². The summed E-state index contributed by atoms with van der Waals surface area (Å²) >= 11 is 0. The lowest BCUT2D eigenvalue weighted by Crippen LogP contribution is -2.23. The average Bonchev–Trinajstić information content (AvgIpc) is 3.12. The zero-order chi connectivity index (χ0) is 21.4. The number of anilines is 1. The van der Waals surface area contributed by atoms with Gasteiger partial charge in [-0.05, 0) is 47.9 Å². The van der Waals surface area contributed by atoms with Crippen LogP contribution in [0.15, 0.2) is 71.7 Å². The van der Waals surface area contributed by atoms with E-state index in [9.17, 15) is 14.9 Å². The second kappa shape index (κ2) is 7.77. The number of carbonyl (C=O) groups excluding carboxylic acids is 1. The lowest BCUT2D eigenvalue weighted by atomic mass is 9.90. The van der Waals surface area contributed by atoms with Crippen molar-refractivity contribution in [3.8, 4) is 0 Å². The molecule has 2 heterocycles. The van der Waals surface area contributed by atoms with E-state index in [1.807, 2.05) is 36.4 Å². The fourth-order valence-corrected chi connectivity index (χ4v) is 4.21. The van der Waals surface area contributed by atoms with E-state index in [1.54, 1.807) is 6.07 Å². The first-order valence-electron chi connectivity index (χ1n) is 10.2. The van der Waals surface area contributed by atoms with Crippen LogP contribution in [-0.2, 0) is 17.8 Å². The summed E-state index contributed by atoms with van der Waals surface area (Å²) in [7, 11) is 0. The molecule has 31 heavy (non-hydrogen) atoms. The lowest BCUT2D eigenvalue weighted by molar-refractivity contribution is -0.384. The van der Waals surface area contributed by atoms with Crippen LogP contribution < -0.4 is 10.6 Å². The zero-order valence-electron chi connectivity index (χ0n) is 16.7. The highest BCUT2D eigenvalue weighted by Crippen LogP contribution is 2.38. The molecule has 0 aliphatic carbocycles. The van der Waals surface area contributed by atoms with Gasteiger partial charge >= 0.3 is 0 Å². The number of non-ortho nitro benzene ring substituents is 1. The minimum absolute atomic E-state index is 0.0473. The highest BCUT2D eigenvalue weighted by molar-refractivity contribution is 6.24. The summed E-state index contributed by atoms with van der Waals surface area (Å²) in [6.07, 6.45) is 0.929. The van der Waals surface area contributed by atoms with Gasteiger partial charge in [-0.1, -0.05) is 36.4 Å². The van der Waals surface area contributed by atoms with Gasteiger partial charge in [-0.2, -0.15) is 0 Å². The number of fused-ring (bicyclic) bond motifs is 2. The Labute approximate surface area is 179 Å². The molecule has 0 saturated heterocycles. The molecule has 3 aromatic carbocycles. The molecule has 5 rings (SSSR count). The third kappa shape index (κ3) is 3.60. The van der Waals surface area contributed by atoms with Crippen molar-refractivity contribution in [2.45, 2.75) is 18.9 Å². The highest BCUT2D eigenvalue weighted by Gasteiger charge is 2.36. The Hall–Kier alpha value is -3.84. The van der Waals surface area contributed by atoms with Crippen LogP contribution in [-0.4, -0.2) is 23.1 Å².